The number of sulfonamides is 1. The molecule has 0 spiro atoms. The van der Waals surface area contributed by atoms with E-state index in [0.717, 1.165) is 6.07 Å². The van der Waals surface area contributed by atoms with Gasteiger partial charge in [-0.25, -0.2) is 17.5 Å². The molecule has 0 fully saturated rings. The molecule has 0 radical (unpaired) electrons. The molecule has 0 saturated carbocycles. The lowest BCUT2D eigenvalue weighted by Crippen LogP contribution is -2.41. The lowest BCUT2D eigenvalue weighted by molar-refractivity contribution is 0.0292. The van der Waals surface area contributed by atoms with E-state index in [1.807, 2.05) is 0 Å². The van der Waals surface area contributed by atoms with Crippen molar-refractivity contribution in [2.24, 2.45) is 0 Å². The van der Waals surface area contributed by atoms with Gasteiger partial charge >= 0.3 is 0 Å². The van der Waals surface area contributed by atoms with Crippen LogP contribution in [0, 0.1) is 5.82 Å². The predicted molar refractivity (Wildman–Crippen MR) is 76.4 cm³/mol. The molecule has 0 aliphatic rings. The monoisotopic (exact) mass is 369 g/mol. The Hall–Kier alpha value is -0.540. The molecule has 0 bridgehead atoms. The smallest absolute Gasteiger partial charge is 0.240 e. The zero-order valence-electron chi connectivity index (χ0n) is 11.2. The lowest BCUT2D eigenvalue weighted by Gasteiger charge is -2.23. The van der Waals surface area contributed by atoms with E-state index in [0.29, 0.717) is 6.61 Å². The van der Waals surface area contributed by atoms with Crippen LogP contribution in [0.4, 0.5) is 4.39 Å². The third kappa shape index (κ3) is 5.10. The molecule has 0 amide bonds. The second-order valence-electron chi connectivity index (χ2n) is 4.64. The Morgan fingerprint density at radius 3 is 2.70 bits per heavy atom. The summed E-state index contributed by atoms with van der Waals surface area (Å²) in [6.07, 6.45) is 0.278. The van der Waals surface area contributed by atoms with E-state index in [-0.39, 0.29) is 22.3 Å². The minimum Gasteiger partial charge on any atom is -0.389 e. The van der Waals surface area contributed by atoms with Crippen molar-refractivity contribution in [3.8, 4) is 0 Å². The van der Waals surface area contributed by atoms with Crippen LogP contribution >= 0.6 is 15.9 Å². The number of halogens is 2. The number of nitrogens with one attached hydrogen (secondary N) is 1. The summed E-state index contributed by atoms with van der Waals surface area (Å²) in [6.45, 7) is 1.62. The number of ether oxygens (including phenoxy) is 1. The summed E-state index contributed by atoms with van der Waals surface area (Å²) in [7, 11) is -2.38. The summed E-state index contributed by atoms with van der Waals surface area (Å²) < 4.78 is 44.6. The Bertz CT molecular complexity index is 563. The molecule has 8 heteroatoms. The van der Waals surface area contributed by atoms with Gasteiger partial charge < -0.3 is 9.84 Å². The van der Waals surface area contributed by atoms with E-state index in [2.05, 4.69) is 20.7 Å². The topological polar surface area (TPSA) is 75.6 Å². The molecule has 114 valence electrons. The van der Waals surface area contributed by atoms with Gasteiger partial charge in [0.2, 0.25) is 10.0 Å². The Kier molecular flexibility index (Phi) is 6.08. The van der Waals surface area contributed by atoms with E-state index in [9.17, 15) is 17.9 Å². The van der Waals surface area contributed by atoms with Gasteiger partial charge in [-0.05, 0) is 41.1 Å². The van der Waals surface area contributed by atoms with Gasteiger partial charge in [-0.1, -0.05) is 0 Å². The molecule has 5 nitrogen and oxygen atoms in total. The Morgan fingerprint density at radius 1 is 1.50 bits per heavy atom. The molecular weight excluding hydrogens is 353 g/mol. The van der Waals surface area contributed by atoms with E-state index >= 15 is 0 Å². The maximum absolute atomic E-state index is 13.3. The van der Waals surface area contributed by atoms with Gasteiger partial charge in [0.15, 0.2) is 0 Å². The quantitative estimate of drug-likeness (QED) is 0.766. The van der Waals surface area contributed by atoms with Crippen molar-refractivity contribution in [1.29, 1.82) is 0 Å². The molecule has 0 aliphatic carbocycles. The number of hydrogen-bond donors (Lipinski definition) is 2. The number of aliphatic hydroxyl groups is 1. The largest absolute Gasteiger partial charge is 0.389 e. The van der Waals surface area contributed by atoms with Crippen LogP contribution in [0.2, 0.25) is 0 Å². The molecule has 1 aromatic rings. The third-order valence-corrected chi connectivity index (χ3v) is 4.73. The van der Waals surface area contributed by atoms with E-state index < -0.39 is 21.4 Å². The first-order chi connectivity index (χ1) is 9.18. The van der Waals surface area contributed by atoms with Gasteiger partial charge in [0, 0.05) is 26.7 Å². The van der Waals surface area contributed by atoms with Crippen molar-refractivity contribution >= 4 is 26.0 Å². The highest BCUT2D eigenvalue weighted by atomic mass is 79.9. The zero-order chi connectivity index (χ0) is 15.4. The van der Waals surface area contributed by atoms with Crippen molar-refractivity contribution in [2.75, 3.05) is 20.3 Å². The summed E-state index contributed by atoms with van der Waals surface area (Å²) in [5.41, 5.74) is -1.24. The molecule has 0 aliphatic heterocycles. The van der Waals surface area contributed by atoms with Crippen LogP contribution in [-0.2, 0) is 14.8 Å². The first-order valence-electron chi connectivity index (χ1n) is 5.84. The van der Waals surface area contributed by atoms with Crippen LogP contribution in [0.1, 0.15) is 13.3 Å². The maximum atomic E-state index is 13.3. The molecular formula is C12H17BrFNO4S. The maximum Gasteiger partial charge on any atom is 0.240 e. The van der Waals surface area contributed by atoms with Gasteiger partial charge in [-0.3, -0.25) is 0 Å². The first kappa shape index (κ1) is 17.5. The SMILES string of the molecule is COCCC(C)(O)CNS(=O)(=O)c1ccc(Br)c(F)c1. The molecule has 2 N–H and O–H groups in total. The molecule has 1 aromatic carbocycles. The van der Waals surface area contributed by atoms with Crippen molar-refractivity contribution in [3.63, 3.8) is 0 Å². The molecule has 20 heavy (non-hydrogen) atoms. The minimum atomic E-state index is -3.87. The van der Waals surface area contributed by atoms with Gasteiger partial charge in [-0.15, -0.1) is 0 Å². The van der Waals surface area contributed by atoms with Gasteiger partial charge in [0.1, 0.15) is 5.82 Å². The molecule has 0 saturated heterocycles. The molecule has 0 heterocycles. The summed E-state index contributed by atoms with van der Waals surface area (Å²) >= 11 is 2.95. The molecule has 1 atom stereocenters. The van der Waals surface area contributed by atoms with Crippen LogP contribution in [0.15, 0.2) is 27.6 Å². The van der Waals surface area contributed by atoms with Gasteiger partial charge in [0.05, 0.1) is 15.0 Å². The average Bonchev–Trinajstić information content (AvgIpc) is 2.37. The fourth-order valence-electron chi connectivity index (χ4n) is 1.39. The molecule has 0 aromatic heterocycles. The highest BCUT2D eigenvalue weighted by Crippen LogP contribution is 2.19. The summed E-state index contributed by atoms with van der Waals surface area (Å²) in [5, 5.41) is 9.97. The standard InChI is InChI=1S/C12H17BrFNO4S/c1-12(16,5-6-19-2)8-15-20(17,18)9-3-4-10(13)11(14)7-9/h3-4,7,15-16H,5-6,8H2,1-2H3. The fourth-order valence-corrected chi connectivity index (χ4v) is 2.81. The van der Waals surface area contributed by atoms with E-state index in [1.54, 1.807) is 0 Å². The van der Waals surface area contributed by atoms with E-state index in [4.69, 9.17) is 4.74 Å². The second kappa shape index (κ2) is 6.95. The lowest BCUT2D eigenvalue weighted by atomic mass is 10.0. The normalized spacial score (nSPS) is 15.1. The minimum absolute atomic E-state index is 0.184. The van der Waals surface area contributed by atoms with Crippen LogP contribution in [0.25, 0.3) is 0 Å². The zero-order valence-corrected chi connectivity index (χ0v) is 13.6. The third-order valence-electron chi connectivity index (χ3n) is 2.69. The number of methoxy groups -OCH3 is 1. The average molecular weight is 370 g/mol. The summed E-state index contributed by atoms with van der Waals surface area (Å²) in [4.78, 5) is -0.194. The molecule has 1 rings (SSSR count). The number of hydrogen-bond acceptors (Lipinski definition) is 4. The van der Waals surface area contributed by atoms with Crippen LogP contribution in [0.5, 0.6) is 0 Å². The molecule has 1 unspecified atom stereocenters. The number of rotatable bonds is 7. The summed E-state index contributed by atoms with van der Waals surface area (Å²) in [6, 6.07) is 3.50. The van der Waals surface area contributed by atoms with Gasteiger partial charge in [0.25, 0.3) is 0 Å². The second-order valence-corrected chi connectivity index (χ2v) is 7.26. The Balaban J connectivity index is 2.77. The van der Waals surface area contributed by atoms with Crippen molar-refractivity contribution in [3.05, 3.63) is 28.5 Å². The van der Waals surface area contributed by atoms with Crippen LogP contribution < -0.4 is 4.72 Å². The van der Waals surface area contributed by atoms with Gasteiger partial charge in [-0.2, -0.15) is 0 Å². The number of benzene rings is 1. The first-order valence-corrected chi connectivity index (χ1v) is 8.11. The highest BCUT2D eigenvalue weighted by Gasteiger charge is 2.24. The fraction of sp³-hybridized carbons (Fsp3) is 0.500. The Morgan fingerprint density at radius 2 is 2.15 bits per heavy atom. The van der Waals surface area contributed by atoms with E-state index in [1.165, 1.54) is 26.2 Å². The van der Waals surface area contributed by atoms with Crippen molar-refractivity contribution in [2.45, 2.75) is 23.8 Å². The van der Waals surface area contributed by atoms with Crippen molar-refractivity contribution in [1.82, 2.24) is 4.72 Å². The van der Waals surface area contributed by atoms with Crippen molar-refractivity contribution < 1.29 is 22.7 Å². The summed E-state index contributed by atoms with van der Waals surface area (Å²) in [5.74, 6) is -0.668. The van der Waals surface area contributed by atoms with Crippen LogP contribution in [0.3, 0.4) is 0 Å². The highest BCUT2D eigenvalue weighted by molar-refractivity contribution is 9.10. The Labute approximate surface area is 126 Å². The van der Waals surface area contributed by atoms with Crippen LogP contribution in [-0.4, -0.2) is 39.4 Å². The predicted octanol–water partition coefficient (Wildman–Crippen LogP) is 1.65.